The van der Waals surface area contributed by atoms with Crippen molar-refractivity contribution in [2.24, 2.45) is 11.3 Å². The Morgan fingerprint density at radius 2 is 1.67 bits per heavy atom. The average Bonchev–Trinajstić information content (AvgIpc) is 3.09. The lowest BCUT2D eigenvalue weighted by Gasteiger charge is -2.33. The Morgan fingerprint density at radius 1 is 1.04 bits per heavy atom. The summed E-state index contributed by atoms with van der Waals surface area (Å²) in [7, 11) is 0. The Kier molecular flexibility index (Phi) is 6.68. The summed E-state index contributed by atoms with van der Waals surface area (Å²) in [5.41, 5.74) is 1.70. The van der Waals surface area contributed by atoms with Gasteiger partial charge in [0.25, 0.3) is 0 Å². The van der Waals surface area contributed by atoms with E-state index in [0.29, 0.717) is 25.6 Å². The van der Waals surface area contributed by atoms with Crippen LogP contribution >= 0.6 is 0 Å². The molecule has 3 rings (SSSR count). The molecule has 1 saturated carbocycles. The van der Waals surface area contributed by atoms with Crippen LogP contribution in [-0.4, -0.2) is 18.7 Å². The van der Waals surface area contributed by atoms with Crippen molar-refractivity contribution in [3.05, 3.63) is 71.8 Å². The summed E-state index contributed by atoms with van der Waals surface area (Å²) in [6.07, 6.45) is 3.26. The molecule has 144 valence electrons. The summed E-state index contributed by atoms with van der Waals surface area (Å²) >= 11 is 0. The molecule has 3 nitrogen and oxygen atoms in total. The van der Waals surface area contributed by atoms with Crippen LogP contribution in [0.5, 0.6) is 0 Å². The van der Waals surface area contributed by atoms with E-state index in [1.807, 2.05) is 36.4 Å². The molecular weight excluding hydrogens is 336 g/mol. The van der Waals surface area contributed by atoms with E-state index in [9.17, 15) is 4.79 Å². The van der Waals surface area contributed by atoms with Crippen LogP contribution in [0.15, 0.2) is 60.7 Å². The molecule has 1 aliphatic rings. The van der Waals surface area contributed by atoms with Gasteiger partial charge in [-0.05, 0) is 42.7 Å². The number of benzene rings is 2. The van der Waals surface area contributed by atoms with Crippen molar-refractivity contribution >= 4 is 5.97 Å². The first-order valence-corrected chi connectivity index (χ1v) is 9.97. The van der Waals surface area contributed by atoms with Gasteiger partial charge >= 0.3 is 5.97 Å². The quantitative estimate of drug-likeness (QED) is 0.604. The van der Waals surface area contributed by atoms with Crippen LogP contribution in [0, 0.1) is 11.3 Å². The molecule has 0 aromatic heterocycles. The predicted molar refractivity (Wildman–Crippen MR) is 107 cm³/mol. The molecule has 0 radical (unpaired) electrons. The van der Waals surface area contributed by atoms with E-state index in [1.54, 1.807) is 0 Å². The largest absolute Gasteiger partial charge is 0.465 e. The zero-order valence-corrected chi connectivity index (χ0v) is 16.4. The highest BCUT2D eigenvalue weighted by molar-refractivity contribution is 5.78. The molecule has 0 N–H and O–H groups in total. The van der Waals surface area contributed by atoms with Crippen molar-refractivity contribution in [2.75, 3.05) is 6.61 Å². The van der Waals surface area contributed by atoms with Gasteiger partial charge in [0, 0.05) is 0 Å². The summed E-state index contributed by atoms with van der Waals surface area (Å²) < 4.78 is 12.0. The molecule has 0 bridgehead atoms. The van der Waals surface area contributed by atoms with E-state index in [4.69, 9.17) is 9.47 Å². The van der Waals surface area contributed by atoms with Crippen molar-refractivity contribution in [1.82, 2.24) is 0 Å². The molecule has 2 atom stereocenters. The number of hydrogen-bond acceptors (Lipinski definition) is 3. The SMILES string of the molecule is CC(C)COC(=O)C1(Cc2ccccc2)CCCC1OCc1ccccc1. The Hall–Kier alpha value is -2.13. The average molecular weight is 367 g/mol. The maximum absolute atomic E-state index is 13.2. The fourth-order valence-corrected chi connectivity index (χ4v) is 3.91. The minimum Gasteiger partial charge on any atom is -0.465 e. The van der Waals surface area contributed by atoms with Crippen LogP contribution in [-0.2, 0) is 27.3 Å². The lowest BCUT2D eigenvalue weighted by molar-refractivity contribution is -0.166. The monoisotopic (exact) mass is 366 g/mol. The van der Waals surface area contributed by atoms with E-state index in [2.05, 4.69) is 38.1 Å². The summed E-state index contributed by atoms with van der Waals surface area (Å²) in [4.78, 5) is 13.2. The van der Waals surface area contributed by atoms with Crippen molar-refractivity contribution in [1.29, 1.82) is 0 Å². The Bertz CT molecular complexity index is 711. The van der Waals surface area contributed by atoms with Gasteiger partial charge in [-0.2, -0.15) is 0 Å². The van der Waals surface area contributed by atoms with E-state index < -0.39 is 5.41 Å². The maximum atomic E-state index is 13.2. The van der Waals surface area contributed by atoms with Gasteiger partial charge in [-0.1, -0.05) is 74.5 Å². The number of esters is 1. The standard InChI is InChI=1S/C24H30O3/c1-19(2)17-27-23(25)24(16-20-10-5-3-6-11-20)15-9-14-22(24)26-18-21-12-7-4-8-13-21/h3-8,10-13,19,22H,9,14-18H2,1-2H3. The zero-order valence-electron chi connectivity index (χ0n) is 16.4. The number of hydrogen-bond donors (Lipinski definition) is 0. The Balaban J connectivity index is 1.79. The van der Waals surface area contributed by atoms with Crippen LogP contribution < -0.4 is 0 Å². The lowest BCUT2D eigenvalue weighted by Crippen LogP contribution is -2.43. The fraction of sp³-hybridized carbons (Fsp3) is 0.458. The second kappa shape index (κ2) is 9.18. The highest BCUT2D eigenvalue weighted by Gasteiger charge is 2.51. The van der Waals surface area contributed by atoms with Crippen molar-refractivity contribution in [3.63, 3.8) is 0 Å². The number of carbonyl (C=O) groups is 1. The molecule has 0 aliphatic heterocycles. The molecule has 0 amide bonds. The normalized spacial score (nSPS) is 22.1. The molecule has 3 heteroatoms. The van der Waals surface area contributed by atoms with Gasteiger partial charge in [0.2, 0.25) is 0 Å². The molecule has 2 unspecified atom stereocenters. The topological polar surface area (TPSA) is 35.5 Å². The van der Waals surface area contributed by atoms with Crippen LogP contribution in [0.3, 0.4) is 0 Å². The Labute approximate surface area is 162 Å². The summed E-state index contributed by atoms with van der Waals surface area (Å²) in [5.74, 6) is 0.225. The number of carbonyl (C=O) groups excluding carboxylic acids is 1. The molecule has 1 aliphatic carbocycles. The smallest absolute Gasteiger partial charge is 0.315 e. The van der Waals surface area contributed by atoms with Crippen molar-refractivity contribution < 1.29 is 14.3 Å². The van der Waals surface area contributed by atoms with Gasteiger partial charge in [-0.3, -0.25) is 4.79 Å². The molecule has 1 fully saturated rings. The molecule has 27 heavy (non-hydrogen) atoms. The summed E-state index contributed by atoms with van der Waals surface area (Å²) in [5, 5.41) is 0. The van der Waals surface area contributed by atoms with Gasteiger partial charge in [0.15, 0.2) is 0 Å². The molecule has 0 saturated heterocycles. The lowest BCUT2D eigenvalue weighted by atomic mass is 9.78. The van der Waals surface area contributed by atoms with E-state index in [-0.39, 0.29) is 12.1 Å². The van der Waals surface area contributed by atoms with Gasteiger partial charge in [-0.15, -0.1) is 0 Å². The van der Waals surface area contributed by atoms with E-state index >= 15 is 0 Å². The second-order valence-corrected chi connectivity index (χ2v) is 7.99. The van der Waals surface area contributed by atoms with Crippen molar-refractivity contribution in [2.45, 2.75) is 52.2 Å². The van der Waals surface area contributed by atoms with Crippen LogP contribution in [0.4, 0.5) is 0 Å². The highest BCUT2D eigenvalue weighted by atomic mass is 16.5. The predicted octanol–water partition coefficient (Wildman–Crippen LogP) is 5.18. The van der Waals surface area contributed by atoms with Crippen LogP contribution in [0.2, 0.25) is 0 Å². The summed E-state index contributed by atoms with van der Waals surface area (Å²) in [6.45, 7) is 5.12. The first-order valence-electron chi connectivity index (χ1n) is 9.97. The first kappa shape index (κ1) is 19.6. The second-order valence-electron chi connectivity index (χ2n) is 7.99. The Morgan fingerprint density at radius 3 is 2.30 bits per heavy atom. The molecule has 0 heterocycles. The minimum absolute atomic E-state index is 0.101. The molecule has 2 aromatic rings. The van der Waals surface area contributed by atoms with E-state index in [0.717, 1.165) is 30.4 Å². The third kappa shape index (κ3) is 4.98. The van der Waals surface area contributed by atoms with E-state index in [1.165, 1.54) is 0 Å². The molecule has 2 aromatic carbocycles. The van der Waals surface area contributed by atoms with Gasteiger partial charge in [0.1, 0.15) is 0 Å². The highest BCUT2D eigenvalue weighted by Crippen LogP contribution is 2.44. The minimum atomic E-state index is -0.592. The van der Waals surface area contributed by atoms with Gasteiger partial charge < -0.3 is 9.47 Å². The molecular formula is C24H30O3. The number of ether oxygens (including phenoxy) is 2. The molecule has 0 spiro atoms. The van der Waals surface area contributed by atoms with Crippen LogP contribution in [0.25, 0.3) is 0 Å². The first-order chi connectivity index (χ1) is 13.1. The third-order valence-electron chi connectivity index (χ3n) is 5.32. The van der Waals surface area contributed by atoms with Crippen molar-refractivity contribution in [3.8, 4) is 0 Å². The van der Waals surface area contributed by atoms with Crippen LogP contribution in [0.1, 0.15) is 44.2 Å². The van der Waals surface area contributed by atoms with Gasteiger partial charge in [0.05, 0.1) is 24.7 Å². The zero-order chi connectivity index (χ0) is 19.1. The number of rotatable bonds is 8. The fourth-order valence-electron chi connectivity index (χ4n) is 3.91. The maximum Gasteiger partial charge on any atom is 0.315 e. The van der Waals surface area contributed by atoms with Gasteiger partial charge in [-0.25, -0.2) is 0 Å². The summed E-state index contributed by atoms with van der Waals surface area (Å²) in [6, 6.07) is 20.4. The third-order valence-corrected chi connectivity index (χ3v) is 5.32.